The molecule has 3 N–H and O–H groups in total. The number of hydrogen-bond acceptors (Lipinski definition) is 6. The predicted molar refractivity (Wildman–Crippen MR) is 132 cm³/mol. The topological polar surface area (TPSA) is 104 Å². The third-order valence-corrected chi connectivity index (χ3v) is 8.19. The van der Waals surface area contributed by atoms with E-state index in [9.17, 15) is 13.5 Å². The van der Waals surface area contributed by atoms with Crippen molar-refractivity contribution in [1.82, 2.24) is 14.6 Å². The molecule has 3 aromatic rings. The molecule has 0 unspecified atom stereocenters. The summed E-state index contributed by atoms with van der Waals surface area (Å²) in [5.74, 6) is 1.76. The molecule has 0 aliphatic carbocycles. The SMILES string of the molecule is COc1ccc(S(=O)(=O)N2CCC(CNC[C@@H](O)COc3cccc4[nH]c(C)cc34)CC2)cc1. The number of sulfonamides is 1. The Hall–Kier alpha value is -2.59. The van der Waals surface area contributed by atoms with Crippen molar-refractivity contribution in [3.8, 4) is 11.5 Å². The molecule has 0 bridgehead atoms. The summed E-state index contributed by atoms with van der Waals surface area (Å²) in [6.07, 6.45) is 0.930. The smallest absolute Gasteiger partial charge is 0.243 e. The number of aliphatic hydroxyl groups is 1. The van der Waals surface area contributed by atoms with E-state index >= 15 is 0 Å². The summed E-state index contributed by atoms with van der Waals surface area (Å²) >= 11 is 0. The van der Waals surface area contributed by atoms with Crippen LogP contribution in [0.15, 0.2) is 53.4 Å². The van der Waals surface area contributed by atoms with Crippen LogP contribution in [0.4, 0.5) is 0 Å². The molecule has 0 radical (unpaired) electrons. The van der Waals surface area contributed by atoms with Crippen molar-refractivity contribution in [3.63, 3.8) is 0 Å². The van der Waals surface area contributed by atoms with Gasteiger partial charge in [0.05, 0.1) is 12.0 Å². The minimum absolute atomic E-state index is 0.203. The van der Waals surface area contributed by atoms with Crippen LogP contribution in [0.1, 0.15) is 18.5 Å². The van der Waals surface area contributed by atoms with Gasteiger partial charge in [-0.1, -0.05) is 6.07 Å². The molecular formula is C25H33N3O5S. The van der Waals surface area contributed by atoms with Crippen molar-refractivity contribution in [2.45, 2.75) is 30.8 Å². The standard InChI is InChI=1S/C25H33N3O5S/c1-18-14-23-24(27-18)4-3-5-25(23)33-17-20(29)16-26-15-19-10-12-28(13-11-19)34(30,31)22-8-6-21(32-2)7-9-22/h3-9,14,19-20,26-27,29H,10-13,15-17H2,1-2H3/t20-/m1/s1. The highest BCUT2D eigenvalue weighted by molar-refractivity contribution is 7.89. The summed E-state index contributed by atoms with van der Waals surface area (Å²) in [5, 5.41) is 14.7. The van der Waals surface area contributed by atoms with Gasteiger partial charge in [-0.25, -0.2) is 8.42 Å². The molecular weight excluding hydrogens is 454 g/mol. The lowest BCUT2D eigenvalue weighted by Gasteiger charge is -2.31. The molecule has 0 spiro atoms. The van der Waals surface area contributed by atoms with Crippen molar-refractivity contribution in [2.24, 2.45) is 5.92 Å². The minimum Gasteiger partial charge on any atom is -0.497 e. The van der Waals surface area contributed by atoms with E-state index in [1.807, 2.05) is 31.2 Å². The molecule has 1 aliphatic heterocycles. The zero-order valence-corrected chi connectivity index (χ0v) is 20.5. The Kier molecular flexibility index (Phi) is 7.77. The summed E-state index contributed by atoms with van der Waals surface area (Å²) in [7, 11) is -1.94. The number of aliphatic hydroxyl groups excluding tert-OH is 1. The number of aromatic nitrogens is 1. The predicted octanol–water partition coefficient (Wildman–Crippen LogP) is 2.92. The van der Waals surface area contributed by atoms with E-state index in [-0.39, 0.29) is 6.61 Å². The molecule has 2 heterocycles. The lowest BCUT2D eigenvalue weighted by atomic mass is 9.98. The number of benzene rings is 2. The number of ether oxygens (including phenoxy) is 2. The summed E-state index contributed by atoms with van der Waals surface area (Å²) in [6, 6.07) is 14.4. The zero-order valence-electron chi connectivity index (χ0n) is 19.7. The van der Waals surface area contributed by atoms with Crippen LogP contribution in [-0.4, -0.2) is 68.8 Å². The summed E-state index contributed by atoms with van der Waals surface area (Å²) < 4.78 is 38.3. The average Bonchev–Trinajstić information content (AvgIpc) is 3.24. The maximum absolute atomic E-state index is 12.9. The number of rotatable bonds is 10. The fourth-order valence-corrected chi connectivity index (χ4v) is 5.81. The molecule has 4 rings (SSSR count). The second-order valence-electron chi connectivity index (χ2n) is 8.82. The van der Waals surface area contributed by atoms with Crippen LogP contribution in [0, 0.1) is 12.8 Å². The number of H-pyrrole nitrogens is 1. The fourth-order valence-electron chi connectivity index (χ4n) is 4.34. The molecule has 9 heteroatoms. The van der Waals surface area contributed by atoms with Gasteiger partial charge >= 0.3 is 0 Å². The average molecular weight is 488 g/mol. The number of piperidine rings is 1. The number of methoxy groups -OCH3 is 1. The first-order valence-corrected chi connectivity index (χ1v) is 13.0. The lowest BCUT2D eigenvalue weighted by Crippen LogP contribution is -2.42. The molecule has 0 saturated carbocycles. The van der Waals surface area contributed by atoms with Crippen LogP contribution in [0.3, 0.4) is 0 Å². The largest absolute Gasteiger partial charge is 0.497 e. The summed E-state index contributed by atoms with van der Waals surface area (Å²) in [6.45, 7) is 4.35. The highest BCUT2D eigenvalue weighted by Crippen LogP contribution is 2.27. The second kappa shape index (κ2) is 10.8. The van der Waals surface area contributed by atoms with Gasteiger partial charge in [0, 0.05) is 36.2 Å². The number of fused-ring (bicyclic) bond motifs is 1. The molecule has 1 aromatic heterocycles. The molecule has 184 valence electrons. The molecule has 1 fully saturated rings. The number of aromatic amines is 1. The maximum Gasteiger partial charge on any atom is 0.243 e. The van der Waals surface area contributed by atoms with Crippen molar-refractivity contribution < 1.29 is 23.0 Å². The van der Waals surface area contributed by atoms with Gasteiger partial charge in [0.2, 0.25) is 10.0 Å². The van der Waals surface area contributed by atoms with E-state index in [0.29, 0.717) is 36.2 Å². The quantitative estimate of drug-likeness (QED) is 0.406. The first kappa shape index (κ1) is 24.5. The van der Waals surface area contributed by atoms with Crippen LogP contribution in [0.5, 0.6) is 11.5 Å². The highest BCUT2D eigenvalue weighted by Gasteiger charge is 2.29. The number of nitrogens with zero attached hydrogens (tertiary/aromatic N) is 1. The van der Waals surface area contributed by atoms with Crippen molar-refractivity contribution in [3.05, 3.63) is 54.2 Å². The van der Waals surface area contributed by atoms with Gasteiger partial charge in [0.25, 0.3) is 0 Å². The Bertz CT molecular complexity index is 1180. The van der Waals surface area contributed by atoms with E-state index in [2.05, 4.69) is 10.3 Å². The molecule has 1 aliphatic rings. The van der Waals surface area contributed by atoms with Gasteiger partial charge in [0.15, 0.2) is 0 Å². The van der Waals surface area contributed by atoms with E-state index in [4.69, 9.17) is 9.47 Å². The molecule has 1 atom stereocenters. The van der Waals surface area contributed by atoms with Gasteiger partial charge < -0.3 is 24.9 Å². The van der Waals surface area contributed by atoms with Gasteiger partial charge in [-0.15, -0.1) is 0 Å². The molecule has 34 heavy (non-hydrogen) atoms. The van der Waals surface area contributed by atoms with Crippen LogP contribution in [0.25, 0.3) is 10.9 Å². The van der Waals surface area contributed by atoms with E-state index < -0.39 is 16.1 Å². The van der Waals surface area contributed by atoms with Gasteiger partial charge in [-0.3, -0.25) is 0 Å². The van der Waals surface area contributed by atoms with Gasteiger partial charge in [-0.2, -0.15) is 4.31 Å². The first-order valence-electron chi connectivity index (χ1n) is 11.6. The number of nitrogens with one attached hydrogen (secondary N) is 2. The van der Waals surface area contributed by atoms with Crippen molar-refractivity contribution in [1.29, 1.82) is 0 Å². The van der Waals surface area contributed by atoms with Crippen LogP contribution in [0.2, 0.25) is 0 Å². The molecule has 1 saturated heterocycles. The van der Waals surface area contributed by atoms with Gasteiger partial charge in [0.1, 0.15) is 24.2 Å². The molecule has 2 aromatic carbocycles. The molecule has 8 nitrogen and oxygen atoms in total. The summed E-state index contributed by atoms with van der Waals surface area (Å²) in [5.41, 5.74) is 2.08. The highest BCUT2D eigenvalue weighted by atomic mass is 32.2. The normalized spacial score (nSPS) is 16.6. The Morgan fingerprint density at radius 3 is 2.62 bits per heavy atom. The lowest BCUT2D eigenvalue weighted by molar-refractivity contribution is 0.105. The third-order valence-electron chi connectivity index (χ3n) is 6.27. The van der Waals surface area contributed by atoms with E-state index in [1.165, 1.54) is 0 Å². The van der Waals surface area contributed by atoms with Crippen LogP contribution < -0.4 is 14.8 Å². The monoisotopic (exact) mass is 487 g/mol. The second-order valence-corrected chi connectivity index (χ2v) is 10.8. The third kappa shape index (κ3) is 5.72. The Labute approximate surface area is 200 Å². The Morgan fingerprint density at radius 2 is 1.91 bits per heavy atom. The summed E-state index contributed by atoms with van der Waals surface area (Å²) in [4.78, 5) is 3.57. The minimum atomic E-state index is -3.49. The van der Waals surface area contributed by atoms with Crippen molar-refractivity contribution >= 4 is 20.9 Å². The fraction of sp³-hybridized carbons (Fsp3) is 0.440. The van der Waals surface area contributed by atoms with Gasteiger partial charge in [-0.05, 0) is 74.7 Å². The number of hydrogen-bond donors (Lipinski definition) is 3. The Balaban J connectivity index is 1.19. The Morgan fingerprint density at radius 1 is 1.18 bits per heavy atom. The molecule has 0 amide bonds. The first-order chi connectivity index (χ1) is 16.4. The zero-order chi connectivity index (χ0) is 24.1. The maximum atomic E-state index is 12.9. The van der Waals surface area contributed by atoms with Crippen LogP contribution in [-0.2, 0) is 10.0 Å². The van der Waals surface area contributed by atoms with E-state index in [0.717, 1.165) is 41.7 Å². The van der Waals surface area contributed by atoms with E-state index in [1.54, 1.807) is 35.7 Å². The number of aryl methyl sites for hydroxylation is 1. The van der Waals surface area contributed by atoms with Crippen LogP contribution >= 0.6 is 0 Å². The van der Waals surface area contributed by atoms with Crippen molar-refractivity contribution in [2.75, 3.05) is 39.9 Å².